The summed E-state index contributed by atoms with van der Waals surface area (Å²) in [6.45, 7) is 4.72. The van der Waals surface area contributed by atoms with Crippen molar-refractivity contribution in [1.29, 1.82) is 0 Å². The van der Waals surface area contributed by atoms with Crippen LogP contribution in [0, 0.1) is 6.92 Å². The van der Waals surface area contributed by atoms with Crippen molar-refractivity contribution in [2.45, 2.75) is 39.0 Å². The van der Waals surface area contributed by atoms with Crippen LogP contribution in [-0.2, 0) is 17.8 Å². The predicted molar refractivity (Wildman–Crippen MR) is 117 cm³/mol. The molecule has 3 rings (SSSR count). The van der Waals surface area contributed by atoms with Gasteiger partial charge in [0.2, 0.25) is 0 Å². The number of guanidine groups is 1. The number of hydrogen-bond acceptors (Lipinski definition) is 4. The molecule has 148 valence electrons. The Labute approximate surface area is 177 Å². The Bertz CT molecular complexity index is 713. The van der Waals surface area contributed by atoms with Crippen LogP contribution in [0.15, 0.2) is 46.0 Å². The number of nitrogens with one attached hydrogen (secondary N) is 2. The van der Waals surface area contributed by atoms with Crippen molar-refractivity contribution in [3.05, 3.63) is 53.5 Å². The minimum absolute atomic E-state index is 0. The van der Waals surface area contributed by atoms with Crippen LogP contribution in [0.5, 0.6) is 5.75 Å². The van der Waals surface area contributed by atoms with Crippen molar-refractivity contribution in [3.63, 3.8) is 0 Å². The number of aliphatic imine (C=N–C) groups is 1. The maximum Gasteiger partial charge on any atom is 0.191 e. The minimum atomic E-state index is 0. The van der Waals surface area contributed by atoms with Crippen LogP contribution >= 0.6 is 24.0 Å². The maximum atomic E-state index is 6.05. The first-order valence-corrected chi connectivity index (χ1v) is 9.05. The van der Waals surface area contributed by atoms with Crippen molar-refractivity contribution in [2.75, 3.05) is 20.3 Å². The first kappa shape index (κ1) is 21.6. The van der Waals surface area contributed by atoms with Crippen molar-refractivity contribution in [3.8, 4) is 5.75 Å². The lowest BCUT2D eigenvalue weighted by Crippen LogP contribution is -2.36. The van der Waals surface area contributed by atoms with Gasteiger partial charge in [0.05, 0.1) is 18.9 Å². The highest BCUT2D eigenvalue weighted by Gasteiger charge is 2.17. The van der Waals surface area contributed by atoms with Gasteiger partial charge >= 0.3 is 0 Å². The Morgan fingerprint density at radius 2 is 2.11 bits per heavy atom. The molecule has 2 heterocycles. The summed E-state index contributed by atoms with van der Waals surface area (Å²) in [5.74, 6) is 2.48. The Morgan fingerprint density at radius 1 is 1.26 bits per heavy atom. The summed E-state index contributed by atoms with van der Waals surface area (Å²) in [6, 6.07) is 10.1. The summed E-state index contributed by atoms with van der Waals surface area (Å²) in [7, 11) is 1.75. The lowest BCUT2D eigenvalue weighted by atomic mass is 10.1. The SMILES string of the molecule is CN=C(NCc1ccco1)NCc1ccc(C)cc1OCC1CCCO1.I. The fourth-order valence-electron chi connectivity index (χ4n) is 2.88. The standard InChI is InChI=1S/C20H27N3O3.HI/c1-15-7-8-16(19(11-15)26-14-18-6-4-10-25-18)12-22-20(21-2)23-13-17-5-3-9-24-17;/h3,5,7-9,11,18H,4,6,10,12-14H2,1-2H3,(H2,21,22,23);1H. The largest absolute Gasteiger partial charge is 0.491 e. The van der Waals surface area contributed by atoms with Crippen LogP contribution in [0.2, 0.25) is 0 Å². The molecule has 1 atom stereocenters. The first-order chi connectivity index (χ1) is 12.7. The molecule has 0 amide bonds. The molecule has 1 aliphatic rings. The molecule has 2 aromatic rings. The average Bonchev–Trinajstić information content (AvgIpc) is 3.35. The van der Waals surface area contributed by atoms with Gasteiger partial charge in [-0.2, -0.15) is 0 Å². The van der Waals surface area contributed by atoms with Crippen molar-refractivity contribution in [2.24, 2.45) is 4.99 Å². The molecule has 27 heavy (non-hydrogen) atoms. The van der Waals surface area contributed by atoms with E-state index in [2.05, 4.69) is 40.7 Å². The zero-order chi connectivity index (χ0) is 18.2. The number of furan rings is 1. The van der Waals surface area contributed by atoms with Gasteiger partial charge in [0, 0.05) is 25.8 Å². The normalized spacial score (nSPS) is 16.7. The molecule has 1 unspecified atom stereocenters. The summed E-state index contributed by atoms with van der Waals surface area (Å²) in [5.41, 5.74) is 2.27. The summed E-state index contributed by atoms with van der Waals surface area (Å²) in [5, 5.41) is 6.56. The highest BCUT2D eigenvalue weighted by Crippen LogP contribution is 2.22. The van der Waals surface area contributed by atoms with Crippen molar-refractivity contribution < 1.29 is 13.9 Å². The van der Waals surface area contributed by atoms with Gasteiger partial charge in [-0.1, -0.05) is 12.1 Å². The molecular formula is C20H28IN3O3. The lowest BCUT2D eigenvalue weighted by Gasteiger charge is -2.17. The number of rotatable bonds is 7. The molecule has 1 aliphatic heterocycles. The van der Waals surface area contributed by atoms with Gasteiger partial charge in [0.25, 0.3) is 0 Å². The van der Waals surface area contributed by atoms with Crippen molar-refractivity contribution in [1.82, 2.24) is 10.6 Å². The molecular weight excluding hydrogens is 457 g/mol. The highest BCUT2D eigenvalue weighted by molar-refractivity contribution is 14.0. The molecule has 7 heteroatoms. The number of nitrogens with zero attached hydrogens (tertiary/aromatic N) is 1. The second-order valence-electron chi connectivity index (χ2n) is 6.42. The summed E-state index contributed by atoms with van der Waals surface area (Å²) in [4.78, 5) is 4.25. The Balaban J connectivity index is 0.00000261. The van der Waals surface area contributed by atoms with Crippen LogP contribution < -0.4 is 15.4 Å². The highest BCUT2D eigenvalue weighted by atomic mass is 127. The predicted octanol–water partition coefficient (Wildman–Crippen LogP) is 3.63. The van der Waals surface area contributed by atoms with Gasteiger partial charge in [-0.15, -0.1) is 24.0 Å². The number of halogens is 1. The summed E-state index contributed by atoms with van der Waals surface area (Å²) in [6.07, 6.45) is 4.06. The second kappa shape index (κ2) is 11.2. The summed E-state index contributed by atoms with van der Waals surface area (Å²) < 4.78 is 17.0. The molecule has 0 radical (unpaired) electrons. The van der Waals surface area contributed by atoms with E-state index in [9.17, 15) is 0 Å². The zero-order valence-electron chi connectivity index (χ0n) is 15.9. The van der Waals surface area contributed by atoms with Crippen LogP contribution in [0.3, 0.4) is 0 Å². The Hall–Kier alpha value is -1.74. The molecule has 0 bridgehead atoms. The van der Waals surface area contributed by atoms with E-state index in [0.717, 1.165) is 36.5 Å². The van der Waals surface area contributed by atoms with Gasteiger partial charge in [-0.25, -0.2) is 0 Å². The van der Waals surface area contributed by atoms with Gasteiger partial charge in [-0.05, 0) is 43.5 Å². The lowest BCUT2D eigenvalue weighted by molar-refractivity contribution is 0.0676. The molecule has 1 saturated heterocycles. The second-order valence-corrected chi connectivity index (χ2v) is 6.42. The molecule has 0 spiro atoms. The molecule has 1 aromatic heterocycles. The van der Waals surface area contributed by atoms with E-state index in [1.54, 1.807) is 13.3 Å². The minimum Gasteiger partial charge on any atom is -0.491 e. The van der Waals surface area contributed by atoms with Crippen LogP contribution in [-0.4, -0.2) is 32.3 Å². The third kappa shape index (κ3) is 6.73. The fraction of sp³-hybridized carbons (Fsp3) is 0.450. The molecule has 0 aliphatic carbocycles. The van der Waals surface area contributed by atoms with Gasteiger partial charge in [-0.3, -0.25) is 4.99 Å². The van der Waals surface area contributed by atoms with Crippen LogP contribution in [0.1, 0.15) is 29.7 Å². The first-order valence-electron chi connectivity index (χ1n) is 9.05. The number of aryl methyl sites for hydroxylation is 1. The van der Waals surface area contributed by atoms with E-state index in [1.807, 2.05) is 12.1 Å². The molecule has 2 N–H and O–H groups in total. The number of ether oxygens (including phenoxy) is 2. The Morgan fingerprint density at radius 3 is 2.81 bits per heavy atom. The van der Waals surface area contributed by atoms with Crippen molar-refractivity contribution >= 4 is 29.9 Å². The number of benzene rings is 1. The third-order valence-corrected chi connectivity index (χ3v) is 4.35. The molecule has 1 aromatic carbocycles. The maximum absolute atomic E-state index is 6.05. The molecule has 0 saturated carbocycles. The number of hydrogen-bond donors (Lipinski definition) is 2. The quantitative estimate of drug-likeness (QED) is 0.356. The zero-order valence-corrected chi connectivity index (χ0v) is 18.2. The summed E-state index contributed by atoms with van der Waals surface area (Å²) >= 11 is 0. The van der Waals surface area contributed by atoms with Gasteiger partial charge in [0.1, 0.15) is 18.1 Å². The van der Waals surface area contributed by atoms with Gasteiger partial charge in [0.15, 0.2) is 5.96 Å². The van der Waals surface area contributed by atoms with E-state index in [4.69, 9.17) is 13.9 Å². The van der Waals surface area contributed by atoms with E-state index >= 15 is 0 Å². The van der Waals surface area contributed by atoms with Crippen LogP contribution in [0.25, 0.3) is 0 Å². The Kier molecular flexibility index (Phi) is 8.93. The molecule has 6 nitrogen and oxygen atoms in total. The van der Waals surface area contributed by atoms with Gasteiger partial charge < -0.3 is 24.5 Å². The topological polar surface area (TPSA) is 68.0 Å². The monoisotopic (exact) mass is 485 g/mol. The van der Waals surface area contributed by atoms with E-state index < -0.39 is 0 Å². The fourth-order valence-corrected chi connectivity index (χ4v) is 2.88. The van der Waals surface area contributed by atoms with E-state index in [-0.39, 0.29) is 30.1 Å². The smallest absolute Gasteiger partial charge is 0.191 e. The molecule has 1 fully saturated rings. The third-order valence-electron chi connectivity index (χ3n) is 4.35. The van der Waals surface area contributed by atoms with E-state index in [1.165, 1.54) is 5.56 Å². The van der Waals surface area contributed by atoms with E-state index in [0.29, 0.717) is 25.7 Å². The van der Waals surface area contributed by atoms with Crippen LogP contribution in [0.4, 0.5) is 0 Å². The average molecular weight is 485 g/mol.